The normalized spacial score (nSPS) is 10.7. The molecule has 0 aliphatic rings. The van der Waals surface area contributed by atoms with E-state index in [1.54, 1.807) is 24.0 Å². The van der Waals surface area contributed by atoms with Crippen LogP contribution in [0.4, 0.5) is 4.39 Å². The Balaban J connectivity index is 1.89. The summed E-state index contributed by atoms with van der Waals surface area (Å²) in [5.41, 5.74) is 1.66. The summed E-state index contributed by atoms with van der Waals surface area (Å²) in [5, 5.41) is 14.6. The molecule has 0 saturated heterocycles. The highest BCUT2D eigenvalue weighted by atomic mass is 32.2. The number of halogens is 1. The van der Waals surface area contributed by atoms with E-state index in [2.05, 4.69) is 15.1 Å². The molecule has 0 fully saturated rings. The number of aryl methyl sites for hydroxylation is 1. The van der Waals surface area contributed by atoms with Crippen LogP contribution in [0.3, 0.4) is 0 Å². The summed E-state index contributed by atoms with van der Waals surface area (Å²) >= 11 is 1.40. The predicted molar refractivity (Wildman–Crippen MR) is 77.0 cm³/mol. The highest BCUT2D eigenvalue weighted by molar-refractivity contribution is 7.98. The first-order valence-corrected chi connectivity index (χ1v) is 7.11. The Morgan fingerprint density at radius 3 is 3.05 bits per heavy atom. The summed E-state index contributed by atoms with van der Waals surface area (Å²) in [7, 11) is 1.81. The van der Waals surface area contributed by atoms with E-state index >= 15 is 0 Å². The summed E-state index contributed by atoms with van der Waals surface area (Å²) in [6.45, 7) is 0. The van der Waals surface area contributed by atoms with E-state index in [-0.39, 0.29) is 5.82 Å². The van der Waals surface area contributed by atoms with Crippen LogP contribution in [0.1, 0.15) is 11.1 Å². The van der Waals surface area contributed by atoms with Gasteiger partial charge in [-0.2, -0.15) is 10.4 Å². The highest BCUT2D eigenvalue weighted by Crippen LogP contribution is 2.28. The number of benzene rings is 1. The largest absolute Gasteiger partial charge is 0.250 e. The van der Waals surface area contributed by atoms with E-state index in [4.69, 9.17) is 5.26 Å². The summed E-state index contributed by atoms with van der Waals surface area (Å²) in [4.78, 5) is 8.38. The van der Waals surface area contributed by atoms with Gasteiger partial charge in [-0.15, -0.1) is 11.8 Å². The molecule has 0 N–H and O–H groups in total. The Morgan fingerprint density at radius 1 is 1.38 bits per heavy atom. The van der Waals surface area contributed by atoms with Crippen molar-refractivity contribution in [3.8, 4) is 6.07 Å². The molecule has 0 unspecified atom stereocenters. The highest BCUT2D eigenvalue weighted by Gasteiger charge is 2.10. The van der Waals surface area contributed by atoms with E-state index < -0.39 is 0 Å². The van der Waals surface area contributed by atoms with Crippen molar-refractivity contribution < 1.29 is 4.39 Å². The molecular weight excluding hydrogens is 289 g/mol. The first-order valence-electron chi connectivity index (χ1n) is 6.13. The molecule has 7 heteroatoms. The maximum atomic E-state index is 13.8. The van der Waals surface area contributed by atoms with Crippen LogP contribution in [0.15, 0.2) is 35.7 Å². The second kappa shape index (κ2) is 5.50. The van der Waals surface area contributed by atoms with Crippen molar-refractivity contribution in [2.45, 2.75) is 10.8 Å². The van der Waals surface area contributed by atoms with Crippen molar-refractivity contribution >= 4 is 22.8 Å². The molecule has 0 spiro atoms. The van der Waals surface area contributed by atoms with Gasteiger partial charge in [-0.1, -0.05) is 0 Å². The minimum atomic E-state index is -0.321. The lowest BCUT2D eigenvalue weighted by molar-refractivity contribution is 0.617. The monoisotopic (exact) mass is 299 g/mol. The van der Waals surface area contributed by atoms with Crippen molar-refractivity contribution in [1.82, 2.24) is 19.7 Å². The molecule has 1 aromatic carbocycles. The zero-order chi connectivity index (χ0) is 14.8. The van der Waals surface area contributed by atoms with E-state index in [1.165, 1.54) is 30.2 Å². The maximum absolute atomic E-state index is 13.8. The van der Waals surface area contributed by atoms with Gasteiger partial charge in [0.15, 0.2) is 5.65 Å². The van der Waals surface area contributed by atoms with E-state index in [0.29, 0.717) is 16.9 Å². The van der Waals surface area contributed by atoms with Gasteiger partial charge in [-0.3, -0.25) is 4.68 Å². The van der Waals surface area contributed by atoms with E-state index in [0.717, 1.165) is 16.1 Å². The number of thioether (sulfide) groups is 1. The molecule has 3 aromatic rings. The lowest BCUT2D eigenvalue weighted by Crippen LogP contribution is -1.93. The summed E-state index contributed by atoms with van der Waals surface area (Å²) in [6.07, 6.45) is 3.16. The quantitative estimate of drug-likeness (QED) is 0.549. The molecule has 0 aliphatic carbocycles. The Morgan fingerprint density at radius 2 is 2.24 bits per heavy atom. The van der Waals surface area contributed by atoms with Gasteiger partial charge in [0, 0.05) is 12.8 Å². The number of hydrogen-bond acceptors (Lipinski definition) is 5. The Labute approximate surface area is 124 Å². The van der Waals surface area contributed by atoms with Crippen LogP contribution >= 0.6 is 11.8 Å². The smallest absolute Gasteiger partial charge is 0.162 e. The van der Waals surface area contributed by atoms with Crippen LogP contribution in [0.25, 0.3) is 11.0 Å². The molecule has 104 valence electrons. The van der Waals surface area contributed by atoms with Crippen LogP contribution in [-0.4, -0.2) is 19.7 Å². The second-order valence-electron chi connectivity index (χ2n) is 4.39. The molecule has 5 nitrogen and oxygen atoms in total. The third-order valence-electron chi connectivity index (χ3n) is 3.03. The molecule has 3 rings (SSSR count). The van der Waals surface area contributed by atoms with Gasteiger partial charge < -0.3 is 0 Å². The minimum absolute atomic E-state index is 0.321. The molecule has 2 heterocycles. The van der Waals surface area contributed by atoms with Crippen LogP contribution in [-0.2, 0) is 12.8 Å². The Bertz CT molecular complexity index is 852. The summed E-state index contributed by atoms with van der Waals surface area (Å²) in [6, 6.07) is 6.35. The predicted octanol–water partition coefficient (Wildman–Crippen LogP) is 2.67. The molecule has 0 saturated carbocycles. The zero-order valence-electron chi connectivity index (χ0n) is 11.1. The molecule has 0 atom stereocenters. The van der Waals surface area contributed by atoms with Gasteiger partial charge in [0.25, 0.3) is 0 Å². The summed E-state index contributed by atoms with van der Waals surface area (Å²) in [5.74, 6) is 0.0699. The topological polar surface area (TPSA) is 67.4 Å². The molecular formula is C14H10FN5S. The van der Waals surface area contributed by atoms with E-state index in [9.17, 15) is 4.39 Å². The van der Waals surface area contributed by atoms with Crippen LogP contribution in [0, 0.1) is 17.1 Å². The zero-order valence-corrected chi connectivity index (χ0v) is 11.9. The van der Waals surface area contributed by atoms with Crippen molar-refractivity contribution in [3.05, 3.63) is 47.7 Å². The van der Waals surface area contributed by atoms with Crippen LogP contribution in [0.5, 0.6) is 0 Å². The maximum Gasteiger partial charge on any atom is 0.162 e. The van der Waals surface area contributed by atoms with Crippen molar-refractivity contribution in [2.75, 3.05) is 0 Å². The van der Waals surface area contributed by atoms with Crippen molar-refractivity contribution in [3.63, 3.8) is 0 Å². The Kier molecular flexibility index (Phi) is 3.54. The third kappa shape index (κ3) is 2.58. The third-order valence-corrected chi connectivity index (χ3v) is 4.09. The second-order valence-corrected chi connectivity index (χ2v) is 5.35. The molecule has 21 heavy (non-hydrogen) atoms. The SMILES string of the molecule is Cn1ncc2c(SCc3cc(C#N)ccc3F)ncnc21. The fraction of sp³-hybridized carbons (Fsp3) is 0.143. The van der Waals surface area contributed by atoms with Gasteiger partial charge in [0.2, 0.25) is 0 Å². The number of nitrogens with zero attached hydrogens (tertiary/aromatic N) is 5. The fourth-order valence-electron chi connectivity index (χ4n) is 1.96. The van der Waals surface area contributed by atoms with Gasteiger partial charge >= 0.3 is 0 Å². The molecule has 0 radical (unpaired) electrons. The lowest BCUT2D eigenvalue weighted by atomic mass is 10.1. The number of hydrogen-bond donors (Lipinski definition) is 0. The number of fused-ring (bicyclic) bond motifs is 1. The summed E-state index contributed by atoms with van der Waals surface area (Å²) < 4.78 is 15.4. The van der Waals surface area contributed by atoms with Gasteiger partial charge in [-0.25, -0.2) is 14.4 Å². The molecule has 2 aromatic heterocycles. The van der Waals surface area contributed by atoms with Crippen molar-refractivity contribution in [2.24, 2.45) is 7.05 Å². The standard InChI is InChI=1S/C14H10FN5S/c1-20-13-11(6-19-20)14(18-8-17-13)21-7-10-4-9(5-16)2-3-12(10)15/h2-4,6,8H,7H2,1H3. The van der Waals surface area contributed by atoms with Gasteiger partial charge in [-0.05, 0) is 23.8 Å². The molecule has 0 amide bonds. The minimum Gasteiger partial charge on any atom is -0.250 e. The average Bonchev–Trinajstić information content (AvgIpc) is 2.89. The van der Waals surface area contributed by atoms with Crippen LogP contribution < -0.4 is 0 Å². The number of nitriles is 1. The van der Waals surface area contributed by atoms with Crippen molar-refractivity contribution in [1.29, 1.82) is 5.26 Å². The van der Waals surface area contributed by atoms with Gasteiger partial charge in [0.05, 0.1) is 23.2 Å². The first-order chi connectivity index (χ1) is 10.2. The molecule has 0 bridgehead atoms. The first kappa shape index (κ1) is 13.5. The average molecular weight is 299 g/mol. The fourth-order valence-corrected chi connectivity index (χ4v) is 2.89. The van der Waals surface area contributed by atoms with Crippen LogP contribution in [0.2, 0.25) is 0 Å². The number of rotatable bonds is 3. The molecule has 0 aliphatic heterocycles. The van der Waals surface area contributed by atoms with E-state index in [1.807, 2.05) is 6.07 Å². The van der Waals surface area contributed by atoms with Gasteiger partial charge in [0.1, 0.15) is 17.2 Å². The lowest BCUT2D eigenvalue weighted by Gasteiger charge is -2.04. The Hall–Kier alpha value is -2.46. The number of aromatic nitrogens is 4.